The fourth-order valence-corrected chi connectivity index (χ4v) is 2.24. The van der Waals surface area contributed by atoms with Gasteiger partial charge in [0.05, 0.1) is 19.9 Å². The van der Waals surface area contributed by atoms with Gasteiger partial charge in [-0.15, -0.1) is 0 Å². The molecule has 0 aliphatic carbocycles. The third-order valence-corrected chi connectivity index (χ3v) is 3.67. The monoisotopic (exact) mass is 346 g/mol. The van der Waals surface area contributed by atoms with Crippen molar-refractivity contribution in [3.05, 3.63) is 58.6 Å². The van der Waals surface area contributed by atoms with Gasteiger partial charge in [-0.05, 0) is 36.2 Å². The Balaban J connectivity index is 2.20. The van der Waals surface area contributed by atoms with Crippen molar-refractivity contribution in [2.75, 3.05) is 14.2 Å². The summed E-state index contributed by atoms with van der Waals surface area (Å²) in [5.74, 6) is 0.737. The minimum atomic E-state index is -0.341. The van der Waals surface area contributed by atoms with Crippen LogP contribution in [0.5, 0.6) is 11.5 Å². The first-order valence-corrected chi connectivity index (χ1v) is 7.81. The van der Waals surface area contributed by atoms with Crippen LogP contribution < -0.4 is 14.9 Å². The summed E-state index contributed by atoms with van der Waals surface area (Å²) in [4.78, 5) is 12.3. The number of hydrogen-bond acceptors (Lipinski definition) is 4. The van der Waals surface area contributed by atoms with Gasteiger partial charge in [0.2, 0.25) is 0 Å². The quantitative estimate of drug-likeness (QED) is 0.637. The molecule has 2 rings (SSSR count). The van der Waals surface area contributed by atoms with Crippen LogP contribution in [0.15, 0.2) is 47.6 Å². The topological polar surface area (TPSA) is 59.9 Å². The van der Waals surface area contributed by atoms with Crippen LogP contribution in [0.25, 0.3) is 0 Å². The van der Waals surface area contributed by atoms with E-state index in [0.717, 1.165) is 11.3 Å². The second-order valence-electron chi connectivity index (χ2n) is 4.96. The lowest BCUT2D eigenvalue weighted by atomic mass is 10.1. The Morgan fingerprint density at radius 3 is 2.12 bits per heavy atom. The van der Waals surface area contributed by atoms with Gasteiger partial charge in [-0.3, -0.25) is 4.79 Å². The van der Waals surface area contributed by atoms with E-state index >= 15 is 0 Å². The first-order valence-electron chi connectivity index (χ1n) is 7.43. The molecular formula is C18H19ClN2O3. The number of halogens is 1. The summed E-state index contributed by atoms with van der Waals surface area (Å²) in [6, 6.07) is 12.3. The number of ether oxygens (including phenoxy) is 2. The van der Waals surface area contributed by atoms with E-state index in [1.807, 2.05) is 19.1 Å². The van der Waals surface area contributed by atoms with Crippen LogP contribution in [0.2, 0.25) is 5.02 Å². The molecule has 1 amide bonds. The lowest BCUT2D eigenvalue weighted by Gasteiger charge is -2.08. The second-order valence-corrected chi connectivity index (χ2v) is 5.40. The molecule has 0 saturated carbocycles. The van der Waals surface area contributed by atoms with Crippen LogP contribution in [0.1, 0.15) is 29.3 Å². The molecule has 0 bridgehead atoms. The number of hydrazone groups is 1. The number of amides is 1. The number of benzene rings is 2. The van der Waals surface area contributed by atoms with E-state index in [1.165, 1.54) is 14.2 Å². The summed E-state index contributed by atoms with van der Waals surface area (Å²) in [6.07, 6.45) is 0.670. The van der Waals surface area contributed by atoms with E-state index < -0.39 is 0 Å². The molecule has 0 aliphatic rings. The number of carbonyl (C=O) groups excluding carboxylic acids is 1. The highest BCUT2D eigenvalue weighted by Crippen LogP contribution is 2.22. The molecule has 0 aliphatic heterocycles. The number of nitrogens with one attached hydrogen (secondary N) is 1. The van der Waals surface area contributed by atoms with E-state index in [9.17, 15) is 4.79 Å². The Kier molecular flexibility index (Phi) is 6.21. The molecule has 126 valence electrons. The highest BCUT2D eigenvalue weighted by atomic mass is 35.5. The largest absolute Gasteiger partial charge is 0.497 e. The van der Waals surface area contributed by atoms with Gasteiger partial charge in [0.1, 0.15) is 11.5 Å². The highest BCUT2D eigenvalue weighted by molar-refractivity contribution is 6.30. The molecule has 6 heteroatoms. The van der Waals surface area contributed by atoms with Crippen molar-refractivity contribution in [3.8, 4) is 11.5 Å². The zero-order valence-corrected chi connectivity index (χ0v) is 14.6. The third kappa shape index (κ3) is 4.49. The van der Waals surface area contributed by atoms with Crippen molar-refractivity contribution in [2.24, 2.45) is 5.10 Å². The van der Waals surface area contributed by atoms with Crippen molar-refractivity contribution in [3.63, 3.8) is 0 Å². The molecular weight excluding hydrogens is 328 g/mol. The predicted octanol–water partition coefficient (Wildman–Crippen LogP) is 3.90. The van der Waals surface area contributed by atoms with Crippen molar-refractivity contribution in [1.82, 2.24) is 5.43 Å². The van der Waals surface area contributed by atoms with Gasteiger partial charge in [0.25, 0.3) is 5.91 Å². The number of nitrogens with zero attached hydrogens (tertiary/aromatic N) is 1. The summed E-state index contributed by atoms with van der Waals surface area (Å²) in [7, 11) is 3.06. The Hall–Kier alpha value is -2.53. The molecule has 5 nitrogen and oxygen atoms in total. The first-order chi connectivity index (χ1) is 11.6. The van der Waals surface area contributed by atoms with Crippen LogP contribution in [-0.4, -0.2) is 25.8 Å². The molecule has 0 fully saturated rings. The Morgan fingerprint density at radius 1 is 1.04 bits per heavy atom. The standard InChI is InChI=1S/C18H19ClN2O3/c1-4-17(12-5-7-14(19)8-6-12)20-21-18(22)13-9-15(23-2)11-16(10-13)24-3/h5-11H,4H2,1-3H3,(H,21,22)/b20-17-. The maximum atomic E-state index is 12.3. The summed E-state index contributed by atoms with van der Waals surface area (Å²) < 4.78 is 10.3. The van der Waals surface area contributed by atoms with Gasteiger partial charge in [-0.2, -0.15) is 5.10 Å². The maximum Gasteiger partial charge on any atom is 0.271 e. The van der Waals surface area contributed by atoms with Crippen LogP contribution in [0, 0.1) is 0 Å². The molecule has 0 unspecified atom stereocenters. The zero-order valence-electron chi connectivity index (χ0n) is 13.8. The van der Waals surface area contributed by atoms with Crippen molar-refractivity contribution < 1.29 is 14.3 Å². The van der Waals surface area contributed by atoms with Crippen LogP contribution in [-0.2, 0) is 0 Å². The fourth-order valence-electron chi connectivity index (χ4n) is 2.11. The van der Waals surface area contributed by atoms with E-state index in [4.69, 9.17) is 21.1 Å². The molecule has 0 radical (unpaired) electrons. The molecule has 0 atom stereocenters. The van der Waals surface area contributed by atoms with Crippen molar-refractivity contribution >= 4 is 23.2 Å². The average Bonchev–Trinajstić information content (AvgIpc) is 2.62. The maximum absolute atomic E-state index is 12.3. The van der Waals surface area contributed by atoms with E-state index in [0.29, 0.717) is 28.5 Å². The predicted molar refractivity (Wildman–Crippen MR) is 95.3 cm³/mol. The lowest BCUT2D eigenvalue weighted by molar-refractivity contribution is 0.0954. The fraction of sp³-hybridized carbons (Fsp3) is 0.222. The van der Waals surface area contributed by atoms with Gasteiger partial charge in [0.15, 0.2) is 0 Å². The molecule has 0 spiro atoms. The Labute approximate surface area is 146 Å². The van der Waals surface area contributed by atoms with Gasteiger partial charge >= 0.3 is 0 Å². The second kappa shape index (κ2) is 8.36. The normalized spacial score (nSPS) is 11.1. The molecule has 1 N–H and O–H groups in total. The van der Waals surface area contributed by atoms with Crippen LogP contribution >= 0.6 is 11.6 Å². The number of methoxy groups -OCH3 is 2. The van der Waals surface area contributed by atoms with Crippen LogP contribution in [0.3, 0.4) is 0 Å². The Bertz CT molecular complexity index is 720. The SMILES string of the molecule is CC/C(=N/NC(=O)c1cc(OC)cc(OC)c1)c1ccc(Cl)cc1. The molecule has 2 aromatic carbocycles. The van der Waals surface area contributed by atoms with Crippen molar-refractivity contribution in [1.29, 1.82) is 0 Å². The van der Waals surface area contributed by atoms with Gasteiger partial charge in [-0.25, -0.2) is 5.43 Å². The summed E-state index contributed by atoms with van der Waals surface area (Å²) in [5, 5.41) is 4.88. The minimum absolute atomic E-state index is 0.341. The summed E-state index contributed by atoms with van der Waals surface area (Å²) >= 11 is 5.89. The molecule has 24 heavy (non-hydrogen) atoms. The first kappa shape index (κ1) is 17.8. The van der Waals surface area contributed by atoms with Crippen LogP contribution in [0.4, 0.5) is 0 Å². The molecule has 0 heterocycles. The van der Waals surface area contributed by atoms with Crippen molar-refractivity contribution in [2.45, 2.75) is 13.3 Å². The highest BCUT2D eigenvalue weighted by Gasteiger charge is 2.10. The van der Waals surface area contributed by atoms with Gasteiger partial charge in [0, 0.05) is 16.7 Å². The lowest BCUT2D eigenvalue weighted by Crippen LogP contribution is -2.20. The zero-order chi connectivity index (χ0) is 17.5. The van der Waals surface area contributed by atoms with Gasteiger partial charge in [-0.1, -0.05) is 30.7 Å². The average molecular weight is 347 g/mol. The number of carbonyl (C=O) groups is 1. The number of rotatable bonds is 6. The molecule has 2 aromatic rings. The van der Waals surface area contributed by atoms with E-state index in [2.05, 4.69) is 10.5 Å². The molecule has 0 aromatic heterocycles. The third-order valence-electron chi connectivity index (χ3n) is 3.42. The molecule has 0 saturated heterocycles. The summed E-state index contributed by atoms with van der Waals surface area (Å²) in [6.45, 7) is 1.97. The smallest absolute Gasteiger partial charge is 0.271 e. The van der Waals surface area contributed by atoms with Gasteiger partial charge < -0.3 is 9.47 Å². The Morgan fingerprint density at radius 2 is 1.62 bits per heavy atom. The number of hydrogen-bond donors (Lipinski definition) is 1. The minimum Gasteiger partial charge on any atom is -0.497 e. The van der Waals surface area contributed by atoms with E-state index in [1.54, 1.807) is 30.3 Å². The summed E-state index contributed by atoms with van der Waals surface area (Å²) in [5.41, 5.74) is 4.64. The van der Waals surface area contributed by atoms with E-state index in [-0.39, 0.29) is 5.91 Å².